The Morgan fingerprint density at radius 1 is 1.14 bits per heavy atom. The molecular formula is C22H22BrN3O3. The summed E-state index contributed by atoms with van der Waals surface area (Å²) in [5.74, 6) is 0.727. The molecule has 0 radical (unpaired) electrons. The van der Waals surface area contributed by atoms with Gasteiger partial charge in [-0.15, -0.1) is 0 Å². The summed E-state index contributed by atoms with van der Waals surface area (Å²) in [6.45, 7) is 3.89. The van der Waals surface area contributed by atoms with E-state index in [9.17, 15) is 4.79 Å². The van der Waals surface area contributed by atoms with Gasteiger partial charge in [0.05, 0.1) is 13.3 Å². The van der Waals surface area contributed by atoms with Crippen LogP contribution in [0.25, 0.3) is 5.69 Å². The summed E-state index contributed by atoms with van der Waals surface area (Å²) < 4.78 is 13.9. The predicted molar refractivity (Wildman–Crippen MR) is 117 cm³/mol. The molecule has 1 N–H and O–H groups in total. The van der Waals surface area contributed by atoms with E-state index in [0.717, 1.165) is 27.1 Å². The number of nitrogens with zero attached hydrogens (tertiary/aromatic N) is 2. The van der Waals surface area contributed by atoms with Gasteiger partial charge in [-0.1, -0.05) is 28.1 Å². The van der Waals surface area contributed by atoms with E-state index in [0.29, 0.717) is 11.5 Å². The molecular weight excluding hydrogens is 434 g/mol. The molecule has 150 valence electrons. The van der Waals surface area contributed by atoms with Gasteiger partial charge < -0.3 is 14.0 Å². The number of amides is 1. The van der Waals surface area contributed by atoms with Gasteiger partial charge in [-0.3, -0.25) is 4.79 Å². The third-order valence-electron chi connectivity index (χ3n) is 4.38. The second-order valence-corrected chi connectivity index (χ2v) is 7.29. The Bertz CT molecular complexity index is 1030. The molecule has 1 heterocycles. The number of para-hydroxylation sites is 2. The first kappa shape index (κ1) is 20.7. The summed E-state index contributed by atoms with van der Waals surface area (Å²) in [6, 6.07) is 17.3. The Morgan fingerprint density at radius 3 is 2.52 bits per heavy atom. The van der Waals surface area contributed by atoms with Crippen molar-refractivity contribution in [3.63, 3.8) is 0 Å². The molecule has 0 aliphatic carbocycles. The molecule has 0 unspecified atom stereocenters. The molecule has 0 saturated heterocycles. The maximum Gasteiger partial charge on any atom is 0.277 e. The monoisotopic (exact) mass is 455 g/mol. The number of ether oxygens (including phenoxy) is 2. The maximum absolute atomic E-state index is 12.0. The Balaban J connectivity index is 1.62. The highest BCUT2D eigenvalue weighted by molar-refractivity contribution is 9.10. The number of methoxy groups -OCH3 is 1. The van der Waals surface area contributed by atoms with Crippen molar-refractivity contribution in [2.45, 2.75) is 13.8 Å². The van der Waals surface area contributed by atoms with E-state index >= 15 is 0 Å². The first-order valence-corrected chi connectivity index (χ1v) is 9.81. The molecule has 7 heteroatoms. The first-order valence-electron chi connectivity index (χ1n) is 9.02. The van der Waals surface area contributed by atoms with Crippen LogP contribution in [0, 0.1) is 13.8 Å². The van der Waals surface area contributed by atoms with Crippen molar-refractivity contribution in [2.24, 2.45) is 5.10 Å². The highest BCUT2D eigenvalue weighted by Gasteiger charge is 2.10. The highest BCUT2D eigenvalue weighted by Crippen LogP contribution is 2.25. The second-order valence-electron chi connectivity index (χ2n) is 6.37. The summed E-state index contributed by atoms with van der Waals surface area (Å²) in [6.07, 6.45) is 1.64. The summed E-state index contributed by atoms with van der Waals surface area (Å²) in [5.41, 5.74) is 6.60. The van der Waals surface area contributed by atoms with Crippen molar-refractivity contribution in [3.8, 4) is 17.2 Å². The number of rotatable bonds is 7. The average Bonchev–Trinajstić information content (AvgIpc) is 3.00. The molecule has 3 aromatic rings. The molecule has 0 aliphatic rings. The number of nitrogens with one attached hydrogen (secondary N) is 1. The standard InChI is InChI=1S/C22H22BrN3O3/c1-15-12-17(16(2)26(15)19-10-8-18(23)9-11-19)13-24-25-22(27)14-29-21-7-5-4-6-20(21)28-3/h4-13H,14H2,1-3H3,(H,25,27)/b24-13-. The Kier molecular flexibility index (Phi) is 6.72. The number of hydrogen-bond donors (Lipinski definition) is 1. The lowest BCUT2D eigenvalue weighted by Crippen LogP contribution is -2.24. The number of hydrogen-bond acceptors (Lipinski definition) is 4. The van der Waals surface area contributed by atoms with Crippen LogP contribution in [0.4, 0.5) is 0 Å². The van der Waals surface area contributed by atoms with E-state index in [1.807, 2.05) is 56.3 Å². The minimum Gasteiger partial charge on any atom is -0.493 e. The van der Waals surface area contributed by atoms with Gasteiger partial charge in [0.2, 0.25) is 0 Å². The normalized spacial score (nSPS) is 10.9. The predicted octanol–water partition coefficient (Wildman–Crippen LogP) is 4.39. The van der Waals surface area contributed by atoms with Crippen LogP contribution in [0.1, 0.15) is 17.0 Å². The third-order valence-corrected chi connectivity index (χ3v) is 4.90. The van der Waals surface area contributed by atoms with Crippen LogP contribution in [0.3, 0.4) is 0 Å². The van der Waals surface area contributed by atoms with Gasteiger partial charge in [-0.05, 0) is 56.3 Å². The van der Waals surface area contributed by atoms with Crippen molar-refractivity contribution in [1.29, 1.82) is 0 Å². The largest absolute Gasteiger partial charge is 0.493 e. The lowest BCUT2D eigenvalue weighted by molar-refractivity contribution is -0.123. The molecule has 6 nitrogen and oxygen atoms in total. The van der Waals surface area contributed by atoms with Gasteiger partial charge in [0.15, 0.2) is 18.1 Å². The summed E-state index contributed by atoms with van der Waals surface area (Å²) >= 11 is 3.46. The number of aryl methyl sites for hydroxylation is 1. The molecule has 1 amide bonds. The zero-order chi connectivity index (χ0) is 20.8. The van der Waals surface area contributed by atoms with Crippen molar-refractivity contribution >= 4 is 28.1 Å². The molecule has 1 aromatic heterocycles. The van der Waals surface area contributed by atoms with Crippen molar-refractivity contribution in [2.75, 3.05) is 13.7 Å². The van der Waals surface area contributed by atoms with E-state index < -0.39 is 0 Å². The summed E-state index contributed by atoms with van der Waals surface area (Å²) in [7, 11) is 1.55. The van der Waals surface area contributed by atoms with Crippen LogP contribution >= 0.6 is 15.9 Å². The van der Waals surface area contributed by atoms with E-state index in [1.165, 1.54) is 0 Å². The molecule has 0 aliphatic heterocycles. The van der Waals surface area contributed by atoms with Gasteiger partial charge in [0, 0.05) is 27.1 Å². The van der Waals surface area contributed by atoms with Crippen LogP contribution in [0.2, 0.25) is 0 Å². The maximum atomic E-state index is 12.0. The molecule has 0 atom stereocenters. The van der Waals surface area contributed by atoms with E-state index in [4.69, 9.17) is 9.47 Å². The van der Waals surface area contributed by atoms with Gasteiger partial charge >= 0.3 is 0 Å². The lowest BCUT2D eigenvalue weighted by atomic mass is 10.2. The fraction of sp³-hybridized carbons (Fsp3) is 0.182. The van der Waals surface area contributed by atoms with Crippen LogP contribution in [0.5, 0.6) is 11.5 Å². The number of hydrazone groups is 1. The lowest BCUT2D eigenvalue weighted by Gasteiger charge is -2.09. The van der Waals surface area contributed by atoms with Crippen molar-refractivity contribution < 1.29 is 14.3 Å². The number of benzene rings is 2. The average molecular weight is 456 g/mol. The van der Waals surface area contributed by atoms with Crippen LogP contribution in [-0.2, 0) is 4.79 Å². The Morgan fingerprint density at radius 2 is 1.83 bits per heavy atom. The fourth-order valence-electron chi connectivity index (χ4n) is 2.99. The SMILES string of the molecule is COc1ccccc1OCC(=O)N/N=C\c1cc(C)n(-c2ccc(Br)cc2)c1C. The molecule has 0 spiro atoms. The smallest absolute Gasteiger partial charge is 0.277 e. The van der Waals surface area contributed by atoms with Crippen molar-refractivity contribution in [1.82, 2.24) is 9.99 Å². The minimum absolute atomic E-state index is 0.157. The molecule has 2 aromatic carbocycles. The summed E-state index contributed by atoms with van der Waals surface area (Å²) in [4.78, 5) is 12.0. The van der Waals surface area contributed by atoms with E-state index in [-0.39, 0.29) is 12.5 Å². The van der Waals surface area contributed by atoms with Gasteiger partial charge in [-0.2, -0.15) is 5.10 Å². The highest BCUT2D eigenvalue weighted by atomic mass is 79.9. The van der Waals surface area contributed by atoms with Gasteiger partial charge in [0.1, 0.15) is 0 Å². The molecule has 0 bridgehead atoms. The van der Waals surface area contributed by atoms with Crippen LogP contribution < -0.4 is 14.9 Å². The third kappa shape index (κ3) is 5.06. The van der Waals surface area contributed by atoms with Gasteiger partial charge in [-0.25, -0.2) is 5.43 Å². The second kappa shape index (κ2) is 9.43. The van der Waals surface area contributed by atoms with Gasteiger partial charge in [0.25, 0.3) is 5.91 Å². The molecule has 0 fully saturated rings. The summed E-state index contributed by atoms with van der Waals surface area (Å²) in [5, 5.41) is 4.06. The van der Waals surface area contributed by atoms with E-state index in [1.54, 1.807) is 25.5 Å². The zero-order valence-electron chi connectivity index (χ0n) is 16.5. The quantitative estimate of drug-likeness (QED) is 0.424. The Hall–Kier alpha value is -3.06. The molecule has 29 heavy (non-hydrogen) atoms. The topological polar surface area (TPSA) is 64.8 Å². The number of halogens is 1. The Labute approximate surface area is 178 Å². The number of aromatic nitrogens is 1. The van der Waals surface area contributed by atoms with Crippen LogP contribution in [0.15, 0.2) is 64.2 Å². The fourth-order valence-corrected chi connectivity index (χ4v) is 3.26. The van der Waals surface area contributed by atoms with Crippen molar-refractivity contribution in [3.05, 3.63) is 76.0 Å². The number of carbonyl (C=O) groups is 1. The van der Waals surface area contributed by atoms with Crippen LogP contribution in [-0.4, -0.2) is 30.4 Å². The number of carbonyl (C=O) groups excluding carboxylic acids is 1. The first-order chi connectivity index (χ1) is 14.0. The molecule has 3 rings (SSSR count). The van der Waals surface area contributed by atoms with E-state index in [2.05, 4.69) is 31.0 Å². The molecule has 0 saturated carbocycles. The minimum atomic E-state index is -0.353. The zero-order valence-corrected chi connectivity index (χ0v) is 18.1.